The van der Waals surface area contributed by atoms with E-state index in [1.54, 1.807) is 0 Å². The molecular formula is C13H18N4OS. The van der Waals surface area contributed by atoms with E-state index in [0.29, 0.717) is 11.3 Å². The summed E-state index contributed by atoms with van der Waals surface area (Å²) in [7, 11) is 0. The number of amides is 1. The van der Waals surface area contributed by atoms with Gasteiger partial charge in [-0.2, -0.15) is 0 Å². The van der Waals surface area contributed by atoms with E-state index < -0.39 is 0 Å². The normalized spacial score (nSPS) is 16.1. The number of rotatable bonds is 4. The second-order valence-electron chi connectivity index (χ2n) is 4.51. The van der Waals surface area contributed by atoms with Gasteiger partial charge >= 0.3 is 0 Å². The highest BCUT2D eigenvalue weighted by atomic mass is 32.1. The minimum absolute atomic E-state index is 0.231. The molecule has 19 heavy (non-hydrogen) atoms. The van der Waals surface area contributed by atoms with Crippen LogP contribution in [0.25, 0.3) is 0 Å². The second kappa shape index (κ2) is 5.93. The molecule has 1 aliphatic rings. The lowest BCUT2D eigenvalue weighted by atomic mass is 10.2. The first-order valence-corrected chi connectivity index (χ1v) is 7.25. The maximum Gasteiger partial charge on any atom is 0.266 e. The summed E-state index contributed by atoms with van der Waals surface area (Å²) in [5.74, 6) is 2.59. The van der Waals surface area contributed by atoms with Crippen LogP contribution < -0.4 is 16.0 Å². The zero-order valence-electron chi connectivity index (χ0n) is 11.0. The number of nitrogen functional groups attached to an aromatic ring is 1. The van der Waals surface area contributed by atoms with Gasteiger partial charge < -0.3 is 16.0 Å². The summed E-state index contributed by atoms with van der Waals surface area (Å²) in [5.41, 5.74) is 5.83. The fraction of sp³-hybridized carbons (Fsp3) is 0.538. The first-order chi connectivity index (χ1) is 9.15. The highest BCUT2D eigenvalue weighted by Crippen LogP contribution is 2.30. The first-order valence-electron chi connectivity index (χ1n) is 6.44. The Kier molecular flexibility index (Phi) is 4.27. The van der Waals surface area contributed by atoms with Crippen molar-refractivity contribution < 1.29 is 4.79 Å². The van der Waals surface area contributed by atoms with Crippen LogP contribution in [0.3, 0.4) is 0 Å². The molecule has 1 unspecified atom stereocenters. The van der Waals surface area contributed by atoms with Crippen LogP contribution in [0.5, 0.6) is 0 Å². The Bertz CT molecular complexity index is 499. The molecule has 1 fully saturated rings. The van der Waals surface area contributed by atoms with Crippen LogP contribution in [-0.2, 0) is 0 Å². The van der Waals surface area contributed by atoms with Gasteiger partial charge in [-0.05, 0) is 19.3 Å². The van der Waals surface area contributed by atoms with Crippen molar-refractivity contribution in [1.29, 1.82) is 0 Å². The first kappa shape index (κ1) is 13.7. The Morgan fingerprint density at radius 1 is 1.63 bits per heavy atom. The minimum Gasteiger partial charge on any atom is -0.382 e. The van der Waals surface area contributed by atoms with Crippen molar-refractivity contribution in [2.45, 2.75) is 32.2 Å². The lowest BCUT2D eigenvalue weighted by molar-refractivity contribution is 0.0950. The Morgan fingerprint density at radius 3 is 2.89 bits per heavy atom. The van der Waals surface area contributed by atoms with E-state index in [4.69, 9.17) is 12.2 Å². The van der Waals surface area contributed by atoms with E-state index in [0.717, 1.165) is 31.1 Å². The van der Waals surface area contributed by atoms with Gasteiger partial charge in [0.25, 0.3) is 5.91 Å². The van der Waals surface area contributed by atoms with E-state index in [1.165, 1.54) is 11.3 Å². The third-order valence-electron chi connectivity index (χ3n) is 3.14. The molecule has 3 N–H and O–H groups in total. The molecule has 1 aromatic rings. The number of thiazole rings is 1. The Balaban J connectivity index is 2.11. The quantitative estimate of drug-likeness (QED) is 0.818. The molecule has 0 aliphatic carbocycles. The fourth-order valence-corrected chi connectivity index (χ4v) is 2.95. The predicted molar refractivity (Wildman–Crippen MR) is 78.4 cm³/mol. The van der Waals surface area contributed by atoms with Crippen molar-refractivity contribution in [3.05, 3.63) is 4.88 Å². The molecule has 1 aromatic heterocycles. The average molecular weight is 278 g/mol. The van der Waals surface area contributed by atoms with E-state index in [1.807, 2.05) is 6.92 Å². The number of hydrogen-bond acceptors (Lipinski definition) is 5. The Labute approximate surface area is 117 Å². The van der Waals surface area contributed by atoms with Gasteiger partial charge in [-0.25, -0.2) is 4.98 Å². The molecule has 1 atom stereocenters. The molecule has 5 nitrogen and oxygen atoms in total. The maximum absolute atomic E-state index is 12.1. The largest absolute Gasteiger partial charge is 0.382 e. The van der Waals surface area contributed by atoms with Gasteiger partial charge in [0.1, 0.15) is 10.7 Å². The summed E-state index contributed by atoms with van der Waals surface area (Å²) >= 11 is 1.34. The van der Waals surface area contributed by atoms with Gasteiger partial charge in [0.05, 0.1) is 6.04 Å². The monoisotopic (exact) mass is 278 g/mol. The standard InChI is InChI=1S/C13H18N4OS/c1-3-9(4-2)15-12(18)10-11(14)16-13(19-10)17-7-5-6-8-17/h1,9H,4-8,14H2,2H3,(H,15,18). The molecule has 0 spiro atoms. The Hall–Kier alpha value is -1.74. The van der Waals surface area contributed by atoms with Crippen molar-refractivity contribution in [1.82, 2.24) is 10.3 Å². The fourth-order valence-electron chi connectivity index (χ4n) is 2.01. The average Bonchev–Trinajstić information content (AvgIpc) is 3.04. The molecule has 0 bridgehead atoms. The van der Waals surface area contributed by atoms with Crippen molar-refractivity contribution in [3.8, 4) is 12.3 Å². The van der Waals surface area contributed by atoms with Crippen LogP contribution in [0.4, 0.5) is 10.9 Å². The maximum atomic E-state index is 12.1. The molecule has 1 amide bonds. The molecule has 1 aliphatic heterocycles. The van der Waals surface area contributed by atoms with E-state index in [2.05, 4.69) is 21.1 Å². The van der Waals surface area contributed by atoms with Crippen molar-refractivity contribution >= 4 is 28.2 Å². The van der Waals surface area contributed by atoms with E-state index >= 15 is 0 Å². The van der Waals surface area contributed by atoms with Gasteiger partial charge in [0.15, 0.2) is 5.13 Å². The molecule has 1 saturated heterocycles. The summed E-state index contributed by atoms with van der Waals surface area (Å²) in [4.78, 5) is 19.0. The van der Waals surface area contributed by atoms with Crippen LogP contribution in [0.15, 0.2) is 0 Å². The SMILES string of the molecule is C#CC(CC)NC(=O)c1sc(N2CCCC2)nc1N. The molecular weight excluding hydrogens is 260 g/mol. The highest BCUT2D eigenvalue weighted by molar-refractivity contribution is 7.18. The third-order valence-corrected chi connectivity index (χ3v) is 4.27. The Morgan fingerprint density at radius 2 is 2.32 bits per heavy atom. The molecule has 2 rings (SSSR count). The zero-order valence-corrected chi connectivity index (χ0v) is 11.8. The zero-order chi connectivity index (χ0) is 13.8. The minimum atomic E-state index is -0.260. The lowest BCUT2D eigenvalue weighted by Crippen LogP contribution is -2.33. The summed E-state index contributed by atoms with van der Waals surface area (Å²) in [6.07, 6.45) is 8.36. The van der Waals surface area contributed by atoms with Gasteiger partial charge in [-0.15, -0.1) is 6.42 Å². The van der Waals surface area contributed by atoms with Gasteiger partial charge in [-0.3, -0.25) is 4.79 Å². The molecule has 2 heterocycles. The second-order valence-corrected chi connectivity index (χ2v) is 5.48. The number of carbonyl (C=O) groups excluding carboxylic acids is 1. The van der Waals surface area contributed by atoms with Crippen molar-refractivity contribution in [2.75, 3.05) is 23.7 Å². The number of terminal acetylenes is 1. The van der Waals surface area contributed by atoms with Gasteiger partial charge in [-0.1, -0.05) is 24.2 Å². The number of aromatic nitrogens is 1. The van der Waals surface area contributed by atoms with Crippen LogP contribution in [-0.4, -0.2) is 30.0 Å². The molecule has 0 aromatic carbocycles. The molecule has 0 radical (unpaired) electrons. The number of nitrogens with two attached hydrogens (primary N) is 1. The number of nitrogens with one attached hydrogen (secondary N) is 1. The van der Waals surface area contributed by atoms with E-state index in [9.17, 15) is 4.79 Å². The summed E-state index contributed by atoms with van der Waals surface area (Å²) in [5, 5.41) is 3.60. The lowest BCUT2D eigenvalue weighted by Gasteiger charge is -2.12. The molecule has 0 saturated carbocycles. The smallest absolute Gasteiger partial charge is 0.266 e. The van der Waals surface area contributed by atoms with Crippen molar-refractivity contribution in [2.24, 2.45) is 0 Å². The van der Waals surface area contributed by atoms with Gasteiger partial charge in [0.2, 0.25) is 0 Å². The van der Waals surface area contributed by atoms with Crippen LogP contribution in [0, 0.1) is 12.3 Å². The summed E-state index contributed by atoms with van der Waals surface area (Å²) in [6.45, 7) is 3.89. The van der Waals surface area contributed by atoms with E-state index in [-0.39, 0.29) is 17.8 Å². The van der Waals surface area contributed by atoms with Crippen LogP contribution in [0.1, 0.15) is 35.9 Å². The number of carbonyl (C=O) groups is 1. The summed E-state index contributed by atoms with van der Waals surface area (Å²) < 4.78 is 0. The molecule has 6 heteroatoms. The topological polar surface area (TPSA) is 71.2 Å². The number of hydrogen-bond donors (Lipinski definition) is 2. The molecule has 102 valence electrons. The number of nitrogens with zero attached hydrogens (tertiary/aromatic N) is 2. The van der Waals surface area contributed by atoms with Crippen LogP contribution in [0.2, 0.25) is 0 Å². The predicted octanol–water partition coefficient (Wildman–Crippen LogP) is 1.47. The van der Waals surface area contributed by atoms with Gasteiger partial charge in [0, 0.05) is 13.1 Å². The van der Waals surface area contributed by atoms with Crippen LogP contribution >= 0.6 is 11.3 Å². The van der Waals surface area contributed by atoms with Crippen molar-refractivity contribution in [3.63, 3.8) is 0 Å². The summed E-state index contributed by atoms with van der Waals surface area (Å²) in [6, 6.07) is -0.260. The number of anilines is 2. The third kappa shape index (κ3) is 2.99. The highest BCUT2D eigenvalue weighted by Gasteiger charge is 2.22.